The molecule has 1 N–H and O–H groups in total. The lowest BCUT2D eigenvalue weighted by Gasteiger charge is -2.25. The summed E-state index contributed by atoms with van der Waals surface area (Å²) in [4.78, 5) is 4.59. The van der Waals surface area contributed by atoms with E-state index in [0.717, 1.165) is 5.84 Å². The van der Waals surface area contributed by atoms with E-state index >= 15 is 0 Å². The topological polar surface area (TPSA) is 24.4 Å². The molecular weight excluding hydrogens is 208 g/mol. The van der Waals surface area contributed by atoms with E-state index in [1.807, 2.05) is 13.0 Å². The lowest BCUT2D eigenvalue weighted by molar-refractivity contribution is 0.921. The van der Waals surface area contributed by atoms with Crippen molar-refractivity contribution in [1.29, 1.82) is 0 Å². The van der Waals surface area contributed by atoms with Gasteiger partial charge in [-0.05, 0) is 12.5 Å². The number of allylic oxidation sites excluding steroid dienone is 2. The van der Waals surface area contributed by atoms with Crippen LogP contribution in [0.25, 0.3) is 5.70 Å². The number of nitrogens with one attached hydrogen (secondary N) is 1. The predicted molar refractivity (Wildman–Crippen MR) is 71.7 cm³/mol. The minimum Gasteiger partial charge on any atom is -0.343 e. The molecule has 17 heavy (non-hydrogen) atoms. The third-order valence-corrected chi connectivity index (χ3v) is 2.99. The van der Waals surface area contributed by atoms with Gasteiger partial charge in [-0.15, -0.1) is 0 Å². The number of aliphatic imine (C=N–C) groups is 1. The van der Waals surface area contributed by atoms with Crippen molar-refractivity contribution in [1.82, 2.24) is 5.32 Å². The summed E-state index contributed by atoms with van der Waals surface area (Å²) in [5.74, 6) is 0.970. The van der Waals surface area contributed by atoms with Crippen molar-refractivity contribution in [2.45, 2.75) is 13.0 Å². The van der Waals surface area contributed by atoms with Crippen molar-refractivity contribution >= 4 is 11.5 Å². The van der Waals surface area contributed by atoms with Crippen LogP contribution in [0, 0.1) is 0 Å². The van der Waals surface area contributed by atoms with Crippen LogP contribution < -0.4 is 5.32 Å². The molecule has 0 radical (unpaired) electrons. The quantitative estimate of drug-likeness (QED) is 0.776. The molecule has 1 aromatic rings. The van der Waals surface area contributed by atoms with E-state index in [9.17, 15) is 0 Å². The molecule has 0 amide bonds. The molecule has 1 unspecified atom stereocenters. The Morgan fingerprint density at radius 1 is 1.12 bits per heavy atom. The second-order valence-electron chi connectivity index (χ2n) is 4.22. The Morgan fingerprint density at radius 3 is 2.76 bits per heavy atom. The fourth-order valence-corrected chi connectivity index (χ4v) is 2.21. The maximum Gasteiger partial charge on any atom is 0.0987 e. The number of hydrogen-bond acceptors (Lipinski definition) is 2. The van der Waals surface area contributed by atoms with Gasteiger partial charge in [0.1, 0.15) is 0 Å². The highest BCUT2D eigenvalue weighted by molar-refractivity contribution is 5.93. The Kier molecular flexibility index (Phi) is 2.41. The van der Waals surface area contributed by atoms with Crippen LogP contribution in [-0.4, -0.2) is 11.9 Å². The third kappa shape index (κ3) is 1.82. The number of benzene rings is 1. The van der Waals surface area contributed by atoms with Crippen molar-refractivity contribution in [3.8, 4) is 0 Å². The highest BCUT2D eigenvalue weighted by Crippen LogP contribution is 2.27. The van der Waals surface area contributed by atoms with Gasteiger partial charge in [0, 0.05) is 5.57 Å². The average Bonchev–Trinajstić information content (AvgIpc) is 2.39. The smallest absolute Gasteiger partial charge is 0.0987 e. The summed E-state index contributed by atoms with van der Waals surface area (Å²) >= 11 is 0. The number of nitrogens with zero attached hydrogens (tertiary/aromatic N) is 1. The molecule has 0 saturated carbocycles. The summed E-state index contributed by atoms with van der Waals surface area (Å²) in [7, 11) is 0. The molecule has 1 aromatic carbocycles. The van der Waals surface area contributed by atoms with Crippen LogP contribution in [0.5, 0.6) is 0 Å². The highest BCUT2D eigenvalue weighted by atomic mass is 15.0. The van der Waals surface area contributed by atoms with E-state index < -0.39 is 0 Å². The Hall–Kier alpha value is -2.09. The summed E-state index contributed by atoms with van der Waals surface area (Å²) in [6.07, 6.45) is 8.38. The van der Waals surface area contributed by atoms with Crippen LogP contribution in [0.4, 0.5) is 0 Å². The largest absolute Gasteiger partial charge is 0.343 e. The maximum absolute atomic E-state index is 4.59. The first-order chi connectivity index (χ1) is 8.34. The minimum atomic E-state index is 0.163. The standard InChI is InChI=1S/C15H14N2/c1-11-16-14-10-6-5-9-13(14)15(17-11)12-7-3-2-4-8-12/h2-10,14H,1H3,(H,16,17). The van der Waals surface area contributed by atoms with E-state index in [2.05, 4.69) is 58.9 Å². The summed E-state index contributed by atoms with van der Waals surface area (Å²) in [5.41, 5.74) is 3.62. The molecule has 2 aliphatic rings. The Bertz CT molecular complexity index is 548. The monoisotopic (exact) mass is 222 g/mol. The van der Waals surface area contributed by atoms with E-state index in [1.54, 1.807) is 0 Å². The fraction of sp³-hybridized carbons (Fsp3) is 0.133. The molecule has 1 atom stereocenters. The van der Waals surface area contributed by atoms with Crippen LogP contribution in [0.1, 0.15) is 12.5 Å². The zero-order valence-electron chi connectivity index (χ0n) is 9.72. The van der Waals surface area contributed by atoms with Gasteiger partial charge in [-0.2, -0.15) is 0 Å². The Balaban J connectivity index is 2.11. The first kappa shape index (κ1) is 10.1. The molecule has 0 bridgehead atoms. The van der Waals surface area contributed by atoms with Gasteiger partial charge in [-0.1, -0.05) is 54.6 Å². The van der Waals surface area contributed by atoms with Gasteiger partial charge in [-0.3, -0.25) is 4.99 Å². The summed E-state index contributed by atoms with van der Waals surface area (Å²) < 4.78 is 0. The summed E-state index contributed by atoms with van der Waals surface area (Å²) in [6.45, 7) is 2.01. The lowest BCUT2D eigenvalue weighted by Crippen LogP contribution is -2.29. The van der Waals surface area contributed by atoms with Crippen molar-refractivity contribution in [3.63, 3.8) is 0 Å². The molecule has 0 fully saturated rings. The molecule has 2 heteroatoms. The van der Waals surface area contributed by atoms with Gasteiger partial charge in [0.2, 0.25) is 0 Å². The molecule has 0 aromatic heterocycles. The molecule has 84 valence electrons. The summed E-state index contributed by atoms with van der Waals surface area (Å²) in [5, 5.41) is 3.38. The first-order valence-corrected chi connectivity index (χ1v) is 5.80. The second kappa shape index (κ2) is 4.06. The number of amidine groups is 1. The summed E-state index contributed by atoms with van der Waals surface area (Å²) in [6, 6.07) is 10.6. The van der Waals surface area contributed by atoms with Gasteiger partial charge in [0.05, 0.1) is 17.6 Å². The lowest BCUT2D eigenvalue weighted by atomic mass is 9.95. The van der Waals surface area contributed by atoms with E-state index in [-0.39, 0.29) is 6.04 Å². The third-order valence-electron chi connectivity index (χ3n) is 2.99. The number of fused-ring (bicyclic) bond motifs is 1. The molecular formula is C15H14N2. The van der Waals surface area contributed by atoms with Crippen LogP contribution in [-0.2, 0) is 0 Å². The molecule has 2 nitrogen and oxygen atoms in total. The van der Waals surface area contributed by atoms with Crippen molar-refractivity contribution < 1.29 is 0 Å². The first-order valence-electron chi connectivity index (χ1n) is 5.80. The maximum atomic E-state index is 4.59. The van der Waals surface area contributed by atoms with Crippen LogP contribution in [0.15, 0.2) is 65.2 Å². The molecule has 0 saturated heterocycles. The van der Waals surface area contributed by atoms with Gasteiger partial charge >= 0.3 is 0 Å². The van der Waals surface area contributed by atoms with Crippen LogP contribution in [0.3, 0.4) is 0 Å². The van der Waals surface area contributed by atoms with Crippen molar-refractivity contribution in [3.05, 3.63) is 65.8 Å². The van der Waals surface area contributed by atoms with Gasteiger partial charge < -0.3 is 5.32 Å². The Morgan fingerprint density at radius 2 is 1.94 bits per heavy atom. The zero-order valence-corrected chi connectivity index (χ0v) is 9.72. The zero-order chi connectivity index (χ0) is 11.7. The highest BCUT2D eigenvalue weighted by Gasteiger charge is 2.20. The molecule has 3 rings (SSSR count). The second-order valence-corrected chi connectivity index (χ2v) is 4.22. The Labute approximate surface area is 101 Å². The van der Waals surface area contributed by atoms with Gasteiger partial charge in [-0.25, -0.2) is 0 Å². The molecule has 1 aliphatic carbocycles. The van der Waals surface area contributed by atoms with Gasteiger partial charge in [0.25, 0.3) is 0 Å². The predicted octanol–water partition coefficient (Wildman–Crippen LogP) is 2.91. The number of hydrogen-bond donors (Lipinski definition) is 1. The van der Waals surface area contributed by atoms with Crippen LogP contribution in [0.2, 0.25) is 0 Å². The number of rotatable bonds is 1. The average molecular weight is 222 g/mol. The van der Waals surface area contributed by atoms with E-state index in [1.165, 1.54) is 16.8 Å². The van der Waals surface area contributed by atoms with Crippen molar-refractivity contribution in [2.75, 3.05) is 0 Å². The molecule has 1 aliphatic heterocycles. The van der Waals surface area contributed by atoms with E-state index in [4.69, 9.17) is 0 Å². The normalized spacial score (nSPS) is 21.9. The SMILES string of the molecule is CC1=NC2C=CC=CC2=C(c2ccccc2)N1. The minimum absolute atomic E-state index is 0.163. The molecule has 1 heterocycles. The van der Waals surface area contributed by atoms with Gasteiger partial charge in [0.15, 0.2) is 0 Å². The van der Waals surface area contributed by atoms with Crippen molar-refractivity contribution in [2.24, 2.45) is 4.99 Å². The van der Waals surface area contributed by atoms with Crippen LogP contribution >= 0.6 is 0 Å². The fourth-order valence-electron chi connectivity index (χ4n) is 2.21. The van der Waals surface area contributed by atoms with E-state index in [0.29, 0.717) is 0 Å². The molecule has 0 spiro atoms.